The van der Waals surface area contributed by atoms with Crippen molar-refractivity contribution in [1.29, 1.82) is 0 Å². The van der Waals surface area contributed by atoms with E-state index >= 15 is 0 Å². The number of nitrogens with one attached hydrogen (secondary N) is 1. The fourth-order valence-electron chi connectivity index (χ4n) is 2.13. The Morgan fingerprint density at radius 1 is 1.16 bits per heavy atom. The SMILES string of the molecule is COc1ccc(C(CC(=O)O)NC(=O)OCC[Si](C)(C)C)cc1OC. The maximum atomic E-state index is 12.0. The Morgan fingerprint density at radius 2 is 1.80 bits per heavy atom. The second kappa shape index (κ2) is 9.31. The zero-order valence-corrected chi connectivity index (χ0v) is 16.4. The Labute approximate surface area is 149 Å². The van der Waals surface area contributed by atoms with Gasteiger partial charge in [-0.2, -0.15) is 0 Å². The predicted molar refractivity (Wildman–Crippen MR) is 97.2 cm³/mol. The molecule has 0 saturated carbocycles. The number of aliphatic carboxylic acids is 1. The zero-order chi connectivity index (χ0) is 19.0. The maximum absolute atomic E-state index is 12.0. The highest BCUT2D eigenvalue weighted by Crippen LogP contribution is 2.31. The minimum Gasteiger partial charge on any atom is -0.493 e. The van der Waals surface area contributed by atoms with Crippen molar-refractivity contribution >= 4 is 20.1 Å². The first-order valence-electron chi connectivity index (χ1n) is 8.03. The number of ether oxygens (including phenoxy) is 3. The largest absolute Gasteiger partial charge is 0.493 e. The first-order chi connectivity index (χ1) is 11.7. The van der Waals surface area contributed by atoms with Crippen LogP contribution < -0.4 is 14.8 Å². The highest BCUT2D eigenvalue weighted by molar-refractivity contribution is 6.76. The van der Waals surface area contributed by atoms with Crippen LogP contribution in [0.3, 0.4) is 0 Å². The average Bonchev–Trinajstić information content (AvgIpc) is 2.51. The highest BCUT2D eigenvalue weighted by Gasteiger charge is 2.21. The molecule has 1 rings (SSSR count). The third kappa shape index (κ3) is 7.47. The molecule has 2 N–H and O–H groups in total. The molecule has 1 unspecified atom stereocenters. The van der Waals surface area contributed by atoms with Gasteiger partial charge in [-0.05, 0) is 23.7 Å². The summed E-state index contributed by atoms with van der Waals surface area (Å²) in [6.45, 7) is 6.88. The molecule has 0 bridgehead atoms. The van der Waals surface area contributed by atoms with Crippen molar-refractivity contribution in [2.24, 2.45) is 0 Å². The number of amides is 1. The van der Waals surface area contributed by atoms with Crippen LogP contribution in [-0.2, 0) is 9.53 Å². The molecule has 7 nitrogen and oxygen atoms in total. The molecule has 1 aromatic carbocycles. The number of rotatable bonds is 9. The number of carboxylic acid groups (broad SMARTS) is 1. The van der Waals surface area contributed by atoms with Gasteiger partial charge in [0.2, 0.25) is 0 Å². The van der Waals surface area contributed by atoms with Crippen LogP contribution in [0, 0.1) is 0 Å². The van der Waals surface area contributed by atoms with Gasteiger partial charge in [-0.25, -0.2) is 4.79 Å². The minimum atomic E-state index is -1.31. The molecular weight excluding hydrogens is 342 g/mol. The Morgan fingerprint density at radius 3 is 2.32 bits per heavy atom. The molecule has 140 valence electrons. The van der Waals surface area contributed by atoms with Gasteiger partial charge in [0.05, 0.1) is 33.3 Å². The standard InChI is InChI=1S/C17H27NO6Si/c1-22-14-7-6-12(10-15(14)23-2)13(11-16(19)20)18-17(21)24-8-9-25(3,4)5/h6-7,10,13H,8-9,11H2,1-5H3,(H,18,21)(H,19,20). The third-order valence-corrected chi connectivity index (χ3v) is 5.27. The summed E-state index contributed by atoms with van der Waals surface area (Å²) in [7, 11) is 1.70. The van der Waals surface area contributed by atoms with Crippen LogP contribution in [-0.4, -0.2) is 46.1 Å². The van der Waals surface area contributed by atoms with E-state index in [0.29, 0.717) is 23.7 Å². The molecule has 0 aliphatic carbocycles. The quantitative estimate of drug-likeness (QED) is 0.649. The zero-order valence-electron chi connectivity index (χ0n) is 15.4. The van der Waals surface area contributed by atoms with Crippen molar-refractivity contribution in [2.45, 2.75) is 38.1 Å². The molecule has 0 aliphatic heterocycles. The number of hydrogen-bond acceptors (Lipinski definition) is 5. The van der Waals surface area contributed by atoms with Gasteiger partial charge in [-0.3, -0.25) is 4.79 Å². The maximum Gasteiger partial charge on any atom is 0.407 e. The number of carbonyl (C=O) groups excluding carboxylic acids is 1. The van der Waals surface area contributed by atoms with Crippen molar-refractivity contribution < 1.29 is 28.9 Å². The van der Waals surface area contributed by atoms with E-state index in [9.17, 15) is 9.59 Å². The Hall–Kier alpha value is -2.22. The molecule has 8 heteroatoms. The van der Waals surface area contributed by atoms with E-state index in [4.69, 9.17) is 19.3 Å². The first-order valence-corrected chi connectivity index (χ1v) is 11.7. The van der Waals surface area contributed by atoms with Crippen LogP contribution in [0.15, 0.2) is 18.2 Å². The van der Waals surface area contributed by atoms with Crippen molar-refractivity contribution in [3.05, 3.63) is 23.8 Å². The summed E-state index contributed by atoms with van der Waals surface area (Å²) in [4.78, 5) is 23.2. The molecule has 0 spiro atoms. The first kappa shape index (κ1) is 20.8. The fourth-order valence-corrected chi connectivity index (χ4v) is 2.84. The lowest BCUT2D eigenvalue weighted by Gasteiger charge is -2.20. The van der Waals surface area contributed by atoms with Gasteiger partial charge in [-0.15, -0.1) is 0 Å². The van der Waals surface area contributed by atoms with E-state index in [1.165, 1.54) is 14.2 Å². The lowest BCUT2D eigenvalue weighted by molar-refractivity contribution is -0.137. The average molecular weight is 369 g/mol. The molecular formula is C17H27NO6Si. The summed E-state index contributed by atoms with van der Waals surface area (Å²) < 4.78 is 15.6. The van der Waals surface area contributed by atoms with Crippen molar-refractivity contribution in [3.8, 4) is 11.5 Å². The second-order valence-corrected chi connectivity index (χ2v) is 12.5. The van der Waals surface area contributed by atoms with Crippen molar-refractivity contribution in [3.63, 3.8) is 0 Å². The van der Waals surface area contributed by atoms with E-state index in [0.717, 1.165) is 6.04 Å². The van der Waals surface area contributed by atoms with Crippen molar-refractivity contribution in [2.75, 3.05) is 20.8 Å². The van der Waals surface area contributed by atoms with Crippen LogP contribution in [0.2, 0.25) is 25.7 Å². The van der Waals surface area contributed by atoms with Crippen LogP contribution in [0.1, 0.15) is 18.0 Å². The molecule has 1 atom stereocenters. The molecule has 0 aromatic heterocycles. The lowest BCUT2D eigenvalue weighted by Crippen LogP contribution is -2.32. The third-order valence-electron chi connectivity index (χ3n) is 3.57. The van der Waals surface area contributed by atoms with Gasteiger partial charge in [-0.1, -0.05) is 25.7 Å². The predicted octanol–water partition coefficient (Wildman–Crippen LogP) is 3.28. The summed E-state index contributed by atoms with van der Waals surface area (Å²) in [5, 5.41) is 11.7. The number of benzene rings is 1. The number of carboxylic acids is 1. The van der Waals surface area contributed by atoms with Crippen LogP contribution in [0.4, 0.5) is 4.79 Å². The van der Waals surface area contributed by atoms with E-state index in [1.54, 1.807) is 18.2 Å². The number of alkyl carbamates (subject to hydrolysis) is 1. The smallest absolute Gasteiger partial charge is 0.407 e. The molecule has 1 aromatic rings. The molecule has 25 heavy (non-hydrogen) atoms. The Bertz CT molecular complexity index is 599. The minimum absolute atomic E-state index is 0.265. The monoisotopic (exact) mass is 369 g/mol. The van der Waals surface area contributed by atoms with E-state index in [2.05, 4.69) is 25.0 Å². The topological polar surface area (TPSA) is 94.1 Å². The van der Waals surface area contributed by atoms with Gasteiger partial charge in [0.25, 0.3) is 0 Å². The molecule has 0 aliphatic rings. The van der Waals surface area contributed by atoms with Crippen LogP contribution >= 0.6 is 0 Å². The molecule has 0 heterocycles. The van der Waals surface area contributed by atoms with Crippen LogP contribution in [0.25, 0.3) is 0 Å². The lowest BCUT2D eigenvalue weighted by atomic mass is 10.0. The fraction of sp³-hybridized carbons (Fsp3) is 0.529. The Kier molecular flexibility index (Phi) is 7.75. The number of methoxy groups -OCH3 is 2. The second-order valence-electron chi connectivity index (χ2n) is 6.86. The molecule has 0 saturated heterocycles. The number of carbonyl (C=O) groups is 2. The van der Waals surface area contributed by atoms with E-state index in [1.807, 2.05) is 0 Å². The van der Waals surface area contributed by atoms with Gasteiger partial charge >= 0.3 is 12.1 Å². The van der Waals surface area contributed by atoms with E-state index < -0.39 is 26.2 Å². The summed E-state index contributed by atoms with van der Waals surface area (Å²) in [5.74, 6) is -0.0375. The van der Waals surface area contributed by atoms with Gasteiger partial charge in [0, 0.05) is 8.07 Å². The molecule has 0 fully saturated rings. The van der Waals surface area contributed by atoms with Gasteiger partial charge in [0.1, 0.15) is 0 Å². The summed E-state index contributed by atoms with van der Waals surface area (Å²) >= 11 is 0. The number of hydrogen-bond donors (Lipinski definition) is 2. The summed E-state index contributed by atoms with van der Waals surface area (Å²) in [5.41, 5.74) is 0.599. The summed E-state index contributed by atoms with van der Waals surface area (Å²) in [6, 6.07) is 5.13. The highest BCUT2D eigenvalue weighted by atomic mass is 28.3. The van der Waals surface area contributed by atoms with Gasteiger partial charge in [0.15, 0.2) is 11.5 Å². The molecule has 0 radical (unpaired) electrons. The molecule has 1 amide bonds. The Balaban J connectivity index is 2.83. The van der Waals surface area contributed by atoms with Crippen LogP contribution in [0.5, 0.6) is 11.5 Å². The van der Waals surface area contributed by atoms with E-state index in [-0.39, 0.29) is 6.42 Å². The summed E-state index contributed by atoms with van der Waals surface area (Å²) in [6.07, 6.45) is -0.891. The normalized spacial score (nSPS) is 12.2. The van der Waals surface area contributed by atoms with Gasteiger partial charge < -0.3 is 24.6 Å². The van der Waals surface area contributed by atoms with Crippen molar-refractivity contribution in [1.82, 2.24) is 5.32 Å².